The molecule has 0 saturated carbocycles. The Kier molecular flexibility index (Phi) is 5.16. The number of ether oxygens (including phenoxy) is 2. The lowest BCUT2D eigenvalue weighted by molar-refractivity contribution is 0.273. The third-order valence-corrected chi connectivity index (χ3v) is 5.14. The number of aromatic amines is 1. The summed E-state index contributed by atoms with van der Waals surface area (Å²) in [7, 11) is 0. The van der Waals surface area contributed by atoms with E-state index in [0.29, 0.717) is 29.9 Å². The van der Waals surface area contributed by atoms with Crippen LogP contribution in [0.5, 0.6) is 11.5 Å². The van der Waals surface area contributed by atoms with E-state index in [9.17, 15) is 10.2 Å². The summed E-state index contributed by atoms with van der Waals surface area (Å²) in [6, 6.07) is 3.10. The molecule has 150 valence electrons. The van der Waals surface area contributed by atoms with E-state index in [4.69, 9.17) is 9.47 Å². The van der Waals surface area contributed by atoms with Gasteiger partial charge in [-0.05, 0) is 37.8 Å². The van der Waals surface area contributed by atoms with E-state index in [-0.39, 0.29) is 11.5 Å². The normalized spacial score (nSPS) is 15.9. The highest BCUT2D eigenvalue weighted by molar-refractivity contribution is 5.81. The first-order valence-electron chi connectivity index (χ1n) is 9.74. The molecular formula is C23H24N2O4. The molecule has 1 aromatic carbocycles. The number of H-pyrrole nitrogens is 1. The standard InChI is InChI=1S/C23H24N2O4/c1-3-16-10-18(20(27)11-19(16)26)23-22(14(2)24-25-23)21-13-28-12-17(29-21)9-15-7-5-4-6-8-15/h4-5,7,10-13,26-27H,3,6,8-9H2,1-2H3,(H,24,25). The van der Waals surface area contributed by atoms with Crippen molar-refractivity contribution in [2.45, 2.75) is 39.5 Å². The van der Waals surface area contributed by atoms with Gasteiger partial charge in [-0.3, -0.25) is 5.10 Å². The van der Waals surface area contributed by atoms with Gasteiger partial charge in [0.1, 0.15) is 35.5 Å². The van der Waals surface area contributed by atoms with Crippen LogP contribution < -0.4 is 0 Å². The van der Waals surface area contributed by atoms with Crippen molar-refractivity contribution in [3.05, 3.63) is 71.0 Å². The number of aromatic hydroxyl groups is 2. The molecule has 2 aromatic rings. The first-order chi connectivity index (χ1) is 14.1. The van der Waals surface area contributed by atoms with Gasteiger partial charge < -0.3 is 19.7 Å². The number of benzene rings is 1. The van der Waals surface area contributed by atoms with E-state index in [1.807, 2.05) is 13.8 Å². The number of allylic oxidation sites excluding steroid dienone is 4. The zero-order valence-corrected chi connectivity index (χ0v) is 16.5. The summed E-state index contributed by atoms with van der Waals surface area (Å²) in [5, 5.41) is 27.8. The number of nitrogens with one attached hydrogen (secondary N) is 1. The largest absolute Gasteiger partial charge is 0.508 e. The molecule has 6 nitrogen and oxygen atoms in total. The Labute approximate surface area is 169 Å². The lowest BCUT2D eigenvalue weighted by Crippen LogP contribution is -2.03. The number of aromatic nitrogens is 2. The molecule has 0 saturated heterocycles. The molecule has 29 heavy (non-hydrogen) atoms. The summed E-state index contributed by atoms with van der Waals surface area (Å²) >= 11 is 0. The Bertz CT molecular complexity index is 1060. The van der Waals surface area contributed by atoms with E-state index in [2.05, 4.69) is 28.4 Å². The lowest BCUT2D eigenvalue weighted by atomic mass is 9.99. The van der Waals surface area contributed by atoms with E-state index in [1.54, 1.807) is 12.3 Å². The van der Waals surface area contributed by atoms with Crippen molar-refractivity contribution < 1.29 is 19.7 Å². The maximum Gasteiger partial charge on any atom is 0.173 e. The molecule has 0 spiro atoms. The van der Waals surface area contributed by atoms with Crippen molar-refractivity contribution in [2.24, 2.45) is 0 Å². The molecule has 3 N–H and O–H groups in total. The SMILES string of the molecule is CCc1cc(-c2n[nH]c(C)c2C2=COC=C(CC3=CC=CCC3)O2)c(O)cc1O. The molecular weight excluding hydrogens is 368 g/mol. The number of phenolic OH excluding ortho intramolecular Hbond substituents is 2. The van der Waals surface area contributed by atoms with E-state index in [0.717, 1.165) is 35.4 Å². The fraction of sp³-hybridized carbons (Fsp3) is 0.261. The molecule has 1 aliphatic heterocycles. The number of aryl methyl sites for hydroxylation is 2. The minimum atomic E-state index is -0.0420. The molecule has 1 aromatic heterocycles. The number of nitrogens with zero attached hydrogens (tertiary/aromatic N) is 1. The highest BCUT2D eigenvalue weighted by atomic mass is 16.5. The van der Waals surface area contributed by atoms with Crippen molar-refractivity contribution in [3.63, 3.8) is 0 Å². The van der Waals surface area contributed by atoms with Gasteiger partial charge in [0.05, 0.1) is 5.56 Å². The summed E-state index contributed by atoms with van der Waals surface area (Å²) in [4.78, 5) is 0. The first kappa shape index (κ1) is 18.9. The Morgan fingerprint density at radius 1 is 1.17 bits per heavy atom. The number of phenols is 2. The number of hydrogen-bond acceptors (Lipinski definition) is 5. The van der Waals surface area contributed by atoms with Gasteiger partial charge in [0.15, 0.2) is 5.76 Å². The average molecular weight is 392 g/mol. The molecule has 0 fully saturated rings. The monoisotopic (exact) mass is 392 g/mol. The van der Waals surface area contributed by atoms with E-state index in [1.165, 1.54) is 17.9 Å². The second kappa shape index (κ2) is 7.91. The van der Waals surface area contributed by atoms with Crippen molar-refractivity contribution in [1.82, 2.24) is 10.2 Å². The molecule has 0 amide bonds. The topological polar surface area (TPSA) is 87.6 Å². The zero-order chi connectivity index (χ0) is 20.4. The lowest BCUT2D eigenvalue weighted by Gasteiger charge is -2.19. The molecule has 6 heteroatoms. The van der Waals surface area contributed by atoms with E-state index >= 15 is 0 Å². The Morgan fingerprint density at radius 3 is 2.79 bits per heavy atom. The van der Waals surface area contributed by atoms with Gasteiger partial charge >= 0.3 is 0 Å². The van der Waals surface area contributed by atoms with Crippen molar-refractivity contribution in [1.29, 1.82) is 0 Å². The van der Waals surface area contributed by atoms with Crippen LogP contribution in [0.2, 0.25) is 0 Å². The number of hydrogen-bond donors (Lipinski definition) is 3. The van der Waals surface area contributed by atoms with Crippen LogP contribution in [0.15, 0.2) is 54.2 Å². The van der Waals surface area contributed by atoms with Crippen LogP contribution in [0, 0.1) is 6.92 Å². The summed E-state index contributed by atoms with van der Waals surface area (Å²) < 4.78 is 11.7. The van der Waals surface area contributed by atoms with Gasteiger partial charge in [0.25, 0.3) is 0 Å². The quantitative estimate of drug-likeness (QED) is 0.650. The molecule has 1 aliphatic carbocycles. The van der Waals surface area contributed by atoms with Gasteiger partial charge in [-0.1, -0.05) is 30.7 Å². The Morgan fingerprint density at radius 2 is 2.03 bits per heavy atom. The molecule has 0 radical (unpaired) electrons. The number of rotatable bonds is 5. The molecule has 0 atom stereocenters. The summed E-state index contributed by atoms with van der Waals surface area (Å²) in [6.07, 6.45) is 12.8. The van der Waals surface area contributed by atoms with Crippen LogP contribution in [-0.4, -0.2) is 20.4 Å². The maximum absolute atomic E-state index is 10.4. The zero-order valence-electron chi connectivity index (χ0n) is 16.5. The average Bonchev–Trinajstić information content (AvgIpc) is 3.10. The van der Waals surface area contributed by atoms with Crippen molar-refractivity contribution in [2.75, 3.05) is 0 Å². The maximum atomic E-state index is 10.4. The predicted molar refractivity (Wildman–Crippen MR) is 111 cm³/mol. The smallest absolute Gasteiger partial charge is 0.173 e. The minimum absolute atomic E-state index is 0.0420. The second-order valence-electron chi connectivity index (χ2n) is 7.20. The van der Waals surface area contributed by atoms with Crippen LogP contribution in [0.1, 0.15) is 43.0 Å². The molecule has 4 rings (SSSR count). The highest BCUT2D eigenvalue weighted by Crippen LogP contribution is 2.40. The molecule has 2 heterocycles. The van der Waals surface area contributed by atoms with Crippen LogP contribution in [-0.2, 0) is 15.9 Å². The van der Waals surface area contributed by atoms with Gasteiger partial charge in [0, 0.05) is 23.7 Å². The fourth-order valence-corrected chi connectivity index (χ4v) is 3.59. The third kappa shape index (κ3) is 3.78. The molecule has 0 unspecified atom stereocenters. The van der Waals surface area contributed by atoms with Crippen LogP contribution in [0.4, 0.5) is 0 Å². The minimum Gasteiger partial charge on any atom is -0.508 e. The van der Waals surface area contributed by atoms with E-state index < -0.39 is 0 Å². The second-order valence-corrected chi connectivity index (χ2v) is 7.20. The highest BCUT2D eigenvalue weighted by Gasteiger charge is 2.24. The third-order valence-electron chi connectivity index (χ3n) is 5.14. The summed E-state index contributed by atoms with van der Waals surface area (Å²) in [5.41, 5.74) is 4.61. The van der Waals surface area contributed by atoms with Crippen LogP contribution >= 0.6 is 0 Å². The Balaban J connectivity index is 1.65. The van der Waals surface area contributed by atoms with Gasteiger partial charge in [-0.15, -0.1) is 0 Å². The molecule has 0 bridgehead atoms. The predicted octanol–water partition coefficient (Wildman–Crippen LogP) is 5.21. The molecule has 2 aliphatic rings. The van der Waals surface area contributed by atoms with Crippen LogP contribution in [0.25, 0.3) is 17.0 Å². The van der Waals surface area contributed by atoms with Gasteiger partial charge in [0.2, 0.25) is 0 Å². The van der Waals surface area contributed by atoms with Crippen molar-refractivity contribution in [3.8, 4) is 22.8 Å². The van der Waals surface area contributed by atoms with Crippen molar-refractivity contribution >= 4 is 5.76 Å². The van der Waals surface area contributed by atoms with Gasteiger partial charge in [-0.2, -0.15) is 5.10 Å². The summed E-state index contributed by atoms with van der Waals surface area (Å²) in [6.45, 7) is 3.83. The Hall–Kier alpha value is -3.41. The fourth-order valence-electron chi connectivity index (χ4n) is 3.59. The summed E-state index contributed by atoms with van der Waals surface area (Å²) in [5.74, 6) is 1.28. The first-order valence-corrected chi connectivity index (χ1v) is 9.74. The van der Waals surface area contributed by atoms with Gasteiger partial charge in [-0.25, -0.2) is 0 Å². The van der Waals surface area contributed by atoms with Crippen LogP contribution in [0.3, 0.4) is 0 Å².